The van der Waals surface area contributed by atoms with Gasteiger partial charge >= 0.3 is 12.2 Å². The van der Waals surface area contributed by atoms with E-state index in [2.05, 4.69) is 15.6 Å². The van der Waals surface area contributed by atoms with Crippen LogP contribution in [0.1, 0.15) is 48.0 Å². The summed E-state index contributed by atoms with van der Waals surface area (Å²) in [6.07, 6.45) is 2.08. The second-order valence-electron chi connectivity index (χ2n) is 10.2. The first-order chi connectivity index (χ1) is 15.7. The number of nitrogens with zero attached hydrogens (tertiary/aromatic N) is 2. The zero-order chi connectivity index (χ0) is 25.3. The third kappa shape index (κ3) is 6.35. The first-order valence-corrected chi connectivity index (χ1v) is 12.5. The lowest BCUT2D eigenvalue weighted by Crippen LogP contribution is -2.41. The van der Waals surface area contributed by atoms with Crippen molar-refractivity contribution in [1.82, 2.24) is 14.6 Å². The average Bonchev–Trinajstić information content (AvgIpc) is 3.14. The molecule has 0 bridgehead atoms. The van der Waals surface area contributed by atoms with Crippen LogP contribution in [0, 0.1) is 0 Å². The molecular formula is C23H32N4O6S. The van der Waals surface area contributed by atoms with E-state index < -0.39 is 33.4 Å². The third-order valence-electron chi connectivity index (χ3n) is 4.87. The Hall–Kier alpha value is -2.92. The molecule has 0 aliphatic carbocycles. The number of alkyl carbamates (subject to hydrolysis) is 1. The summed E-state index contributed by atoms with van der Waals surface area (Å²) in [5.41, 5.74) is -1.14. The van der Waals surface area contributed by atoms with Gasteiger partial charge in [0, 0.05) is 36.1 Å². The number of nitrogens with one attached hydrogen (secondary N) is 2. The van der Waals surface area contributed by atoms with Gasteiger partial charge in [-0.15, -0.1) is 0 Å². The largest absolute Gasteiger partial charge is 0.444 e. The van der Waals surface area contributed by atoms with Crippen molar-refractivity contribution in [3.05, 3.63) is 30.6 Å². The fourth-order valence-corrected chi connectivity index (χ4v) is 5.34. The number of hydrogen-bond donors (Lipinski definition) is 2. The zero-order valence-corrected chi connectivity index (χ0v) is 21.2. The molecule has 2 N–H and O–H groups in total. The van der Waals surface area contributed by atoms with Crippen LogP contribution in [-0.4, -0.2) is 60.2 Å². The van der Waals surface area contributed by atoms with Crippen molar-refractivity contribution < 1.29 is 27.5 Å². The molecule has 1 aliphatic heterocycles. The van der Waals surface area contributed by atoms with E-state index in [1.54, 1.807) is 53.7 Å². The molecule has 2 aromatic rings. The number of amides is 2. The Labute approximate surface area is 200 Å². The Balaban J connectivity index is 1.87. The molecule has 1 aromatic heterocycles. The molecule has 0 saturated carbocycles. The fourth-order valence-electron chi connectivity index (χ4n) is 3.60. The minimum Gasteiger partial charge on any atom is -0.444 e. The van der Waals surface area contributed by atoms with Crippen molar-refractivity contribution in [1.29, 1.82) is 0 Å². The molecule has 1 saturated heterocycles. The quantitative estimate of drug-likeness (QED) is 0.663. The maximum absolute atomic E-state index is 13.6. The van der Waals surface area contributed by atoms with Gasteiger partial charge in [0.05, 0.1) is 16.8 Å². The van der Waals surface area contributed by atoms with Crippen molar-refractivity contribution in [2.24, 2.45) is 0 Å². The molecule has 2 amide bonds. The summed E-state index contributed by atoms with van der Waals surface area (Å²) < 4.78 is 39.1. The molecule has 0 spiro atoms. The zero-order valence-electron chi connectivity index (χ0n) is 20.3. The number of rotatable bonds is 4. The van der Waals surface area contributed by atoms with Gasteiger partial charge in [-0.3, -0.25) is 10.3 Å². The van der Waals surface area contributed by atoms with Gasteiger partial charge in [0.15, 0.2) is 0 Å². The predicted octanol–water partition coefficient (Wildman–Crippen LogP) is 3.87. The molecule has 3 rings (SSSR count). The molecule has 0 radical (unpaired) electrons. The molecule has 2 heterocycles. The third-order valence-corrected chi connectivity index (χ3v) is 6.78. The smallest absolute Gasteiger partial charge is 0.412 e. The standard InChI is InChI=1S/C23H32N4O6S/c1-22(2,3)32-20(28)25-16-10-11-27(14-16)34(30,31)18-9-7-8-15-12-24-13-17(19(15)18)26-21(29)33-23(4,5)6/h7-9,12-13,16H,10-11,14H2,1-6H3,(H,25,28)(H,26,29)/t16-/m1/s1. The molecule has 1 atom stereocenters. The Morgan fingerprint density at radius 3 is 2.32 bits per heavy atom. The van der Waals surface area contributed by atoms with Gasteiger partial charge in [0.2, 0.25) is 10.0 Å². The summed E-state index contributed by atoms with van der Waals surface area (Å²) >= 11 is 0. The number of anilines is 1. The van der Waals surface area contributed by atoms with E-state index in [0.29, 0.717) is 17.2 Å². The summed E-state index contributed by atoms with van der Waals surface area (Å²) in [4.78, 5) is 28.6. The van der Waals surface area contributed by atoms with Crippen LogP contribution in [0.15, 0.2) is 35.5 Å². The van der Waals surface area contributed by atoms with E-state index in [1.165, 1.54) is 22.8 Å². The number of benzene rings is 1. The lowest BCUT2D eigenvalue weighted by atomic mass is 10.1. The number of carbonyl (C=O) groups is 2. The van der Waals surface area contributed by atoms with E-state index in [0.717, 1.165) is 0 Å². The molecule has 34 heavy (non-hydrogen) atoms. The van der Waals surface area contributed by atoms with Crippen LogP contribution >= 0.6 is 0 Å². The molecule has 10 nitrogen and oxygen atoms in total. The van der Waals surface area contributed by atoms with Crippen LogP contribution < -0.4 is 10.6 Å². The highest BCUT2D eigenvalue weighted by Gasteiger charge is 2.35. The highest BCUT2D eigenvalue weighted by molar-refractivity contribution is 7.89. The van der Waals surface area contributed by atoms with Crippen molar-refractivity contribution in [2.75, 3.05) is 18.4 Å². The Kier molecular flexibility index (Phi) is 7.09. The number of pyridine rings is 1. The second kappa shape index (κ2) is 9.38. The number of sulfonamides is 1. The SMILES string of the molecule is CC(C)(C)OC(=O)Nc1cncc2cccc(S(=O)(=O)N3CC[C@@H](NC(=O)OC(C)(C)C)C3)c12. The average molecular weight is 493 g/mol. The van der Waals surface area contributed by atoms with Gasteiger partial charge in [0.25, 0.3) is 0 Å². The van der Waals surface area contributed by atoms with Crippen LogP contribution in [0.25, 0.3) is 10.8 Å². The van der Waals surface area contributed by atoms with E-state index in [-0.39, 0.29) is 29.7 Å². The molecule has 1 fully saturated rings. The molecule has 11 heteroatoms. The first kappa shape index (κ1) is 25.7. The minimum atomic E-state index is -3.94. The molecular weight excluding hydrogens is 460 g/mol. The van der Waals surface area contributed by atoms with Gasteiger partial charge in [-0.2, -0.15) is 4.31 Å². The summed E-state index contributed by atoms with van der Waals surface area (Å²) in [6, 6.07) is 4.46. The Bertz CT molecular complexity index is 1180. The highest BCUT2D eigenvalue weighted by Crippen LogP contribution is 2.32. The lowest BCUT2D eigenvalue weighted by Gasteiger charge is -2.22. The van der Waals surface area contributed by atoms with E-state index >= 15 is 0 Å². The van der Waals surface area contributed by atoms with Gasteiger partial charge in [-0.25, -0.2) is 18.0 Å². The van der Waals surface area contributed by atoms with Gasteiger partial charge in [-0.1, -0.05) is 12.1 Å². The number of ether oxygens (including phenoxy) is 2. The van der Waals surface area contributed by atoms with Gasteiger partial charge < -0.3 is 14.8 Å². The Morgan fingerprint density at radius 1 is 1.03 bits per heavy atom. The molecule has 1 aromatic carbocycles. The van der Waals surface area contributed by atoms with Crippen LogP contribution in [0.3, 0.4) is 0 Å². The second-order valence-corrected chi connectivity index (χ2v) is 12.1. The molecule has 186 valence electrons. The summed E-state index contributed by atoms with van der Waals surface area (Å²) in [7, 11) is -3.94. The topological polar surface area (TPSA) is 127 Å². The number of hydrogen-bond acceptors (Lipinski definition) is 7. The van der Waals surface area contributed by atoms with E-state index in [4.69, 9.17) is 9.47 Å². The van der Waals surface area contributed by atoms with Gasteiger partial charge in [-0.05, 0) is 54.0 Å². The Morgan fingerprint density at radius 2 is 1.68 bits per heavy atom. The first-order valence-electron chi connectivity index (χ1n) is 11.0. The van der Waals surface area contributed by atoms with Crippen molar-refractivity contribution in [3.63, 3.8) is 0 Å². The monoisotopic (exact) mass is 492 g/mol. The lowest BCUT2D eigenvalue weighted by molar-refractivity contribution is 0.0506. The van der Waals surface area contributed by atoms with Crippen molar-refractivity contribution >= 4 is 38.7 Å². The predicted molar refractivity (Wildman–Crippen MR) is 128 cm³/mol. The molecule has 0 unspecified atom stereocenters. The van der Waals surface area contributed by atoms with Gasteiger partial charge in [0.1, 0.15) is 11.2 Å². The summed E-state index contributed by atoms with van der Waals surface area (Å²) in [5.74, 6) is 0. The van der Waals surface area contributed by atoms with Crippen molar-refractivity contribution in [2.45, 2.75) is 70.1 Å². The number of carbonyl (C=O) groups excluding carboxylic acids is 2. The van der Waals surface area contributed by atoms with Crippen LogP contribution in [0.4, 0.5) is 15.3 Å². The minimum absolute atomic E-state index is 0.0383. The maximum Gasteiger partial charge on any atom is 0.412 e. The normalized spacial score (nSPS) is 17.4. The van der Waals surface area contributed by atoms with E-state index in [1.807, 2.05) is 0 Å². The van der Waals surface area contributed by atoms with Crippen LogP contribution in [0.2, 0.25) is 0 Å². The fraction of sp³-hybridized carbons (Fsp3) is 0.522. The van der Waals surface area contributed by atoms with Crippen LogP contribution in [0.5, 0.6) is 0 Å². The van der Waals surface area contributed by atoms with Crippen LogP contribution in [-0.2, 0) is 19.5 Å². The maximum atomic E-state index is 13.6. The van der Waals surface area contributed by atoms with E-state index in [9.17, 15) is 18.0 Å². The number of fused-ring (bicyclic) bond motifs is 1. The summed E-state index contributed by atoms with van der Waals surface area (Å²) in [5, 5.41) is 6.25. The highest BCUT2D eigenvalue weighted by atomic mass is 32.2. The summed E-state index contributed by atoms with van der Waals surface area (Å²) in [6.45, 7) is 10.8. The number of aromatic nitrogens is 1. The van der Waals surface area contributed by atoms with Crippen molar-refractivity contribution in [3.8, 4) is 0 Å². The molecule has 1 aliphatic rings.